The molecule has 0 aliphatic heterocycles. The fourth-order valence-electron chi connectivity index (χ4n) is 0.965. The van der Waals surface area contributed by atoms with Crippen molar-refractivity contribution < 1.29 is 98.0 Å². The van der Waals surface area contributed by atoms with Crippen LogP contribution in [0.4, 0.5) is 65.9 Å². The molecular formula is C6F15InO9S3. The summed E-state index contributed by atoms with van der Waals surface area (Å²) in [6.07, 6.45) is -21.9. The van der Waals surface area contributed by atoms with Crippen LogP contribution in [0.25, 0.3) is 0 Å². The molecule has 0 amide bonds. The minimum absolute atomic E-state index is 2.42. The molecule has 0 aromatic rings. The fourth-order valence-corrected chi connectivity index (χ4v) is 14.1. The van der Waals surface area contributed by atoms with Gasteiger partial charge in [-0.3, -0.25) is 0 Å². The van der Waals surface area contributed by atoms with Gasteiger partial charge in [0.25, 0.3) is 0 Å². The van der Waals surface area contributed by atoms with E-state index in [9.17, 15) is 91.1 Å². The van der Waals surface area contributed by atoms with Crippen molar-refractivity contribution in [3.8, 4) is 0 Å². The Morgan fingerprint density at radius 1 is 0.382 bits per heavy atom. The summed E-state index contributed by atoms with van der Waals surface area (Å²) in [6, 6.07) is 0. The molecule has 0 aliphatic rings. The second kappa shape index (κ2) is 9.14. The summed E-state index contributed by atoms with van der Waals surface area (Å²) in [5, 5.41) is -22.0. The van der Waals surface area contributed by atoms with Crippen LogP contribution in [0.15, 0.2) is 0 Å². The Bertz CT molecular complexity index is 930. The van der Waals surface area contributed by atoms with E-state index in [0.717, 1.165) is 0 Å². The zero-order valence-electron chi connectivity index (χ0n) is 14.1. The molecule has 0 saturated heterocycles. The molecular weight excluding hydrogens is 712 g/mol. The number of hydrogen-bond donors (Lipinski definition) is 0. The van der Waals surface area contributed by atoms with Crippen LogP contribution in [0.3, 0.4) is 0 Å². The molecule has 0 saturated carbocycles. The first-order valence-electron chi connectivity index (χ1n) is 6.40. The molecule has 0 N–H and O–H groups in total. The first-order chi connectivity index (χ1) is 14.3. The predicted molar refractivity (Wildman–Crippen MR) is 68.8 cm³/mol. The number of hydrogen-bond acceptors (Lipinski definition) is 9. The Balaban J connectivity index is 6.75. The van der Waals surface area contributed by atoms with Crippen molar-refractivity contribution in [3.05, 3.63) is 0 Å². The standard InChI is InChI=1S/3C2HF5O3S.In/c3*3-1(4,5)2(6,7)11(8,9)10;/h3*(H,8,9,10);/q;;;+3/p-3. The molecule has 0 aliphatic carbocycles. The van der Waals surface area contributed by atoms with Gasteiger partial charge in [0.2, 0.25) is 0 Å². The summed E-state index contributed by atoms with van der Waals surface area (Å²) in [5.41, 5.74) is 0. The quantitative estimate of drug-likeness (QED) is 0.331. The van der Waals surface area contributed by atoms with E-state index in [0.29, 0.717) is 0 Å². The Labute approximate surface area is 185 Å². The molecule has 0 bridgehead atoms. The SMILES string of the molecule is O=S(=O)([O][In]([O]S(=O)(=O)C(F)(F)C(F)(F)F)[O]S(=O)(=O)C(F)(F)C(F)(F)F)C(F)(F)C(F)(F)F. The van der Waals surface area contributed by atoms with Gasteiger partial charge in [-0.2, -0.15) is 0 Å². The molecule has 0 spiro atoms. The van der Waals surface area contributed by atoms with Crippen molar-refractivity contribution in [3.63, 3.8) is 0 Å². The van der Waals surface area contributed by atoms with Crippen molar-refractivity contribution in [1.82, 2.24) is 0 Å². The van der Waals surface area contributed by atoms with Gasteiger partial charge in [-0.15, -0.1) is 0 Å². The van der Waals surface area contributed by atoms with E-state index < -0.39 is 87.4 Å². The van der Waals surface area contributed by atoms with E-state index in [1.54, 1.807) is 0 Å². The molecule has 9 nitrogen and oxygen atoms in total. The Hall–Kier alpha value is -0.450. The molecule has 0 aromatic heterocycles. The fraction of sp³-hybridized carbons (Fsp3) is 1.00. The van der Waals surface area contributed by atoms with Gasteiger partial charge in [-0.05, 0) is 0 Å². The van der Waals surface area contributed by atoms with Gasteiger partial charge >= 0.3 is 185 Å². The third kappa shape index (κ3) is 6.27. The molecule has 28 heteroatoms. The molecule has 0 atom stereocenters. The minimum atomic E-state index is -8.25. The van der Waals surface area contributed by atoms with Crippen molar-refractivity contribution in [2.24, 2.45) is 0 Å². The average molecular weight is 712 g/mol. The second-order valence-corrected chi connectivity index (χ2v) is 16.4. The number of alkyl halides is 15. The van der Waals surface area contributed by atoms with Crippen LogP contribution in [-0.4, -0.2) is 82.3 Å². The average Bonchev–Trinajstić information content (AvgIpc) is 2.49. The zero-order chi connectivity index (χ0) is 28.2. The second-order valence-electron chi connectivity index (χ2n) is 4.98. The Kier molecular flexibility index (Phi) is 9.02. The summed E-state index contributed by atoms with van der Waals surface area (Å²) < 4.78 is 259. The van der Waals surface area contributed by atoms with Crippen LogP contribution < -0.4 is 0 Å². The van der Waals surface area contributed by atoms with Gasteiger partial charge in [0.15, 0.2) is 0 Å². The summed E-state index contributed by atoms with van der Waals surface area (Å²) in [5.74, 6) is 0. The molecule has 0 aromatic carbocycles. The summed E-state index contributed by atoms with van der Waals surface area (Å²) in [7, 11) is -24.1. The van der Waals surface area contributed by atoms with Crippen molar-refractivity contribution in [1.29, 1.82) is 0 Å². The first-order valence-corrected chi connectivity index (χ1v) is 14.7. The normalized spacial score (nSPS) is 16.0. The van der Waals surface area contributed by atoms with Crippen molar-refractivity contribution in [2.75, 3.05) is 0 Å². The van der Waals surface area contributed by atoms with Crippen molar-refractivity contribution >= 4 is 53.1 Å². The predicted octanol–water partition coefficient (Wildman–Crippen LogP) is 2.48. The van der Waals surface area contributed by atoms with Gasteiger partial charge in [0.05, 0.1) is 0 Å². The third-order valence-corrected chi connectivity index (χ3v) is 16.9. The summed E-state index contributed by atoms with van der Waals surface area (Å²) in [6.45, 7) is 0. The first kappa shape index (κ1) is 33.6. The van der Waals surface area contributed by atoms with Gasteiger partial charge in [0.1, 0.15) is 0 Å². The van der Waals surface area contributed by atoms with Crippen LogP contribution in [-0.2, 0) is 37.3 Å². The van der Waals surface area contributed by atoms with Crippen LogP contribution in [0.1, 0.15) is 0 Å². The van der Waals surface area contributed by atoms with Gasteiger partial charge in [-0.1, -0.05) is 0 Å². The molecule has 34 heavy (non-hydrogen) atoms. The van der Waals surface area contributed by atoms with Crippen LogP contribution in [0.5, 0.6) is 0 Å². The number of halogens is 15. The van der Waals surface area contributed by atoms with E-state index >= 15 is 0 Å². The molecule has 0 fully saturated rings. The zero-order valence-corrected chi connectivity index (χ0v) is 19.9. The Morgan fingerprint density at radius 2 is 0.529 bits per heavy atom. The van der Waals surface area contributed by atoms with E-state index in [4.69, 9.17) is 0 Å². The molecule has 0 radical (unpaired) electrons. The van der Waals surface area contributed by atoms with Crippen LogP contribution >= 0.6 is 0 Å². The Morgan fingerprint density at radius 3 is 0.647 bits per heavy atom. The summed E-state index contributed by atoms with van der Waals surface area (Å²) >= 11 is -8.25. The summed E-state index contributed by atoms with van der Waals surface area (Å²) in [4.78, 5) is 0. The van der Waals surface area contributed by atoms with E-state index in [1.807, 2.05) is 0 Å². The maximum absolute atomic E-state index is 12.9. The maximum atomic E-state index is 12.9. The molecule has 0 heterocycles. The van der Waals surface area contributed by atoms with Gasteiger partial charge in [-0.25, -0.2) is 0 Å². The monoisotopic (exact) mass is 712 g/mol. The molecule has 0 unspecified atom stereocenters. The van der Waals surface area contributed by atoms with Crippen LogP contribution in [0, 0.1) is 0 Å². The van der Waals surface area contributed by atoms with E-state index in [1.165, 1.54) is 0 Å². The molecule has 204 valence electrons. The van der Waals surface area contributed by atoms with Crippen molar-refractivity contribution in [2.45, 2.75) is 34.3 Å². The third-order valence-electron chi connectivity index (χ3n) is 2.55. The van der Waals surface area contributed by atoms with Gasteiger partial charge < -0.3 is 0 Å². The van der Waals surface area contributed by atoms with E-state index in [2.05, 4.69) is 6.90 Å². The number of rotatable bonds is 9. The topological polar surface area (TPSA) is 130 Å². The molecule has 0 rings (SSSR count). The van der Waals surface area contributed by atoms with E-state index in [-0.39, 0.29) is 0 Å². The van der Waals surface area contributed by atoms with Crippen LogP contribution in [0.2, 0.25) is 0 Å². The van der Waals surface area contributed by atoms with Gasteiger partial charge in [0, 0.05) is 0 Å².